The molecule has 2 aromatic carbocycles. The number of hydrogen-bond donors (Lipinski definition) is 2. The Morgan fingerprint density at radius 2 is 1.98 bits per heavy atom. The molecule has 0 bridgehead atoms. The summed E-state index contributed by atoms with van der Waals surface area (Å²) in [5.41, 5.74) is 3.06. The number of benzene rings is 2. The number of aliphatic hydroxyl groups is 1. The first kappa shape index (κ1) is 29.6. The second-order valence-electron chi connectivity index (χ2n) is 10.8. The van der Waals surface area contributed by atoms with Gasteiger partial charge in [-0.2, -0.15) is 0 Å². The zero-order valence-electron chi connectivity index (χ0n) is 23.6. The smallest absolute Gasteiger partial charge is 0.228 e. The molecule has 2 heterocycles. The van der Waals surface area contributed by atoms with Gasteiger partial charge in [-0.3, -0.25) is 9.59 Å². The standard InChI is InChI=1S/C29H38N4O6S/c1-19-15-33(20(2)18-34)29(36)14-21-12-23(10-11-26(21)39-27(19)17-32(4)40(5,37)38)30-28(35)13-22-16-31(3)25-9-7-6-8-24(22)25/h6-12,16,19-20,27,34H,13-15,17-18H2,1-5H3,(H,30,35)/t19-,20-,27+/m0/s1. The molecule has 216 valence electrons. The highest BCUT2D eigenvalue weighted by Gasteiger charge is 2.32. The number of hydrogen-bond acceptors (Lipinski definition) is 6. The third kappa shape index (κ3) is 6.65. The van der Waals surface area contributed by atoms with E-state index in [0.29, 0.717) is 23.5 Å². The molecule has 1 aliphatic rings. The molecule has 4 rings (SSSR count). The molecule has 1 aliphatic heterocycles. The molecule has 0 fully saturated rings. The van der Waals surface area contributed by atoms with Crippen LogP contribution in [0, 0.1) is 5.92 Å². The van der Waals surface area contributed by atoms with E-state index >= 15 is 0 Å². The summed E-state index contributed by atoms with van der Waals surface area (Å²) in [6.07, 6.45) is 2.73. The van der Waals surface area contributed by atoms with Crippen LogP contribution in [0.25, 0.3) is 10.9 Å². The Kier molecular flexibility index (Phi) is 8.86. The van der Waals surface area contributed by atoms with Gasteiger partial charge in [-0.25, -0.2) is 12.7 Å². The number of nitrogens with zero attached hydrogens (tertiary/aromatic N) is 3. The maximum atomic E-state index is 13.4. The number of amides is 2. The molecule has 1 aromatic heterocycles. The fourth-order valence-electron chi connectivity index (χ4n) is 5.06. The number of carbonyl (C=O) groups is 2. The Morgan fingerprint density at radius 1 is 1.25 bits per heavy atom. The van der Waals surface area contributed by atoms with Crippen molar-refractivity contribution >= 4 is 38.4 Å². The molecule has 3 atom stereocenters. The highest BCUT2D eigenvalue weighted by atomic mass is 32.2. The van der Waals surface area contributed by atoms with Crippen molar-refractivity contribution in [2.24, 2.45) is 13.0 Å². The van der Waals surface area contributed by atoms with Gasteiger partial charge in [0, 0.05) is 54.9 Å². The van der Waals surface area contributed by atoms with E-state index < -0.39 is 22.2 Å². The van der Waals surface area contributed by atoms with E-state index in [1.54, 1.807) is 30.0 Å². The third-order valence-corrected chi connectivity index (χ3v) is 8.82. The fraction of sp³-hybridized carbons (Fsp3) is 0.448. The van der Waals surface area contributed by atoms with Crippen molar-refractivity contribution in [3.05, 3.63) is 59.8 Å². The Hall–Kier alpha value is -3.41. The van der Waals surface area contributed by atoms with Gasteiger partial charge in [-0.05, 0) is 36.8 Å². The van der Waals surface area contributed by atoms with E-state index in [0.717, 1.165) is 22.7 Å². The molecular weight excluding hydrogens is 532 g/mol. The van der Waals surface area contributed by atoms with E-state index in [4.69, 9.17) is 4.74 Å². The minimum atomic E-state index is -3.45. The zero-order chi connectivity index (χ0) is 29.2. The molecule has 3 aromatic rings. The monoisotopic (exact) mass is 570 g/mol. The van der Waals surface area contributed by atoms with Gasteiger partial charge >= 0.3 is 0 Å². The number of sulfonamides is 1. The van der Waals surface area contributed by atoms with Crippen LogP contribution in [-0.2, 0) is 39.5 Å². The van der Waals surface area contributed by atoms with E-state index in [2.05, 4.69) is 5.32 Å². The number of fused-ring (bicyclic) bond motifs is 2. The van der Waals surface area contributed by atoms with Gasteiger partial charge in [0.2, 0.25) is 21.8 Å². The summed E-state index contributed by atoms with van der Waals surface area (Å²) < 4.78 is 33.8. The first-order valence-corrected chi connectivity index (χ1v) is 15.2. The average molecular weight is 571 g/mol. The van der Waals surface area contributed by atoms with Gasteiger partial charge in [0.25, 0.3) is 0 Å². The van der Waals surface area contributed by atoms with Gasteiger partial charge in [0.15, 0.2) is 0 Å². The van der Waals surface area contributed by atoms with Crippen LogP contribution < -0.4 is 10.1 Å². The number of aryl methyl sites for hydroxylation is 1. The molecule has 11 heteroatoms. The number of para-hydroxylation sites is 1. The molecule has 40 heavy (non-hydrogen) atoms. The number of carbonyl (C=O) groups excluding carboxylic acids is 2. The molecule has 0 radical (unpaired) electrons. The number of aliphatic hydroxyl groups excluding tert-OH is 1. The van der Waals surface area contributed by atoms with Gasteiger partial charge < -0.3 is 24.6 Å². The summed E-state index contributed by atoms with van der Waals surface area (Å²) in [5, 5.41) is 13.8. The van der Waals surface area contributed by atoms with Crippen LogP contribution in [0.1, 0.15) is 25.0 Å². The third-order valence-electron chi connectivity index (χ3n) is 7.53. The lowest BCUT2D eigenvalue weighted by molar-refractivity contribution is -0.134. The first-order chi connectivity index (χ1) is 18.9. The highest BCUT2D eigenvalue weighted by Crippen LogP contribution is 2.30. The maximum Gasteiger partial charge on any atom is 0.228 e. The van der Waals surface area contributed by atoms with Crippen molar-refractivity contribution in [1.29, 1.82) is 0 Å². The average Bonchev–Trinajstić information content (AvgIpc) is 3.22. The Balaban J connectivity index is 1.61. The lowest BCUT2D eigenvalue weighted by Crippen LogP contribution is -2.48. The van der Waals surface area contributed by atoms with Crippen LogP contribution in [-0.4, -0.2) is 84.3 Å². The van der Waals surface area contributed by atoms with Crippen molar-refractivity contribution in [3.63, 3.8) is 0 Å². The predicted molar refractivity (Wildman–Crippen MR) is 155 cm³/mol. The minimum Gasteiger partial charge on any atom is -0.488 e. The van der Waals surface area contributed by atoms with E-state index in [9.17, 15) is 23.1 Å². The van der Waals surface area contributed by atoms with Gasteiger partial charge in [-0.15, -0.1) is 0 Å². The Morgan fingerprint density at radius 3 is 2.67 bits per heavy atom. The van der Waals surface area contributed by atoms with E-state index in [1.165, 1.54) is 11.4 Å². The van der Waals surface area contributed by atoms with Crippen LogP contribution in [0.3, 0.4) is 0 Å². The second-order valence-corrected chi connectivity index (χ2v) is 12.9. The molecule has 0 saturated heterocycles. The minimum absolute atomic E-state index is 0.00800. The maximum absolute atomic E-state index is 13.4. The number of ether oxygens (including phenoxy) is 1. The summed E-state index contributed by atoms with van der Waals surface area (Å²) >= 11 is 0. The van der Waals surface area contributed by atoms with Crippen LogP contribution >= 0.6 is 0 Å². The van der Waals surface area contributed by atoms with Gasteiger partial charge in [0.1, 0.15) is 11.9 Å². The molecular formula is C29H38N4O6S. The molecule has 2 N–H and O–H groups in total. The van der Waals surface area contributed by atoms with Gasteiger partial charge in [-0.1, -0.05) is 25.1 Å². The normalized spacial score (nSPS) is 19.0. The topological polar surface area (TPSA) is 121 Å². The van der Waals surface area contributed by atoms with Crippen LogP contribution in [0.5, 0.6) is 5.75 Å². The van der Waals surface area contributed by atoms with Crippen LogP contribution in [0.15, 0.2) is 48.7 Å². The Labute approximate surface area is 235 Å². The lowest BCUT2D eigenvalue weighted by atomic mass is 10.0. The summed E-state index contributed by atoms with van der Waals surface area (Å²) in [5.74, 6) is -0.149. The molecule has 0 unspecified atom stereocenters. The summed E-state index contributed by atoms with van der Waals surface area (Å²) in [6, 6.07) is 12.6. The first-order valence-electron chi connectivity index (χ1n) is 13.3. The van der Waals surface area contributed by atoms with Crippen molar-refractivity contribution < 1.29 is 27.9 Å². The fourth-order valence-corrected chi connectivity index (χ4v) is 5.48. The van der Waals surface area contributed by atoms with Crippen molar-refractivity contribution in [3.8, 4) is 5.75 Å². The van der Waals surface area contributed by atoms with E-state index in [1.807, 2.05) is 49.0 Å². The Bertz CT molecular complexity index is 1500. The molecule has 0 saturated carbocycles. The van der Waals surface area contributed by atoms with Crippen LogP contribution in [0.2, 0.25) is 0 Å². The number of aromatic nitrogens is 1. The van der Waals surface area contributed by atoms with Crippen molar-refractivity contribution in [2.75, 3.05) is 38.3 Å². The van der Waals surface area contributed by atoms with Crippen molar-refractivity contribution in [2.45, 2.75) is 38.8 Å². The number of nitrogens with one attached hydrogen (secondary N) is 1. The largest absolute Gasteiger partial charge is 0.488 e. The highest BCUT2D eigenvalue weighted by molar-refractivity contribution is 7.88. The number of rotatable bonds is 8. The van der Waals surface area contributed by atoms with Crippen LogP contribution in [0.4, 0.5) is 5.69 Å². The summed E-state index contributed by atoms with van der Waals surface area (Å²) in [4.78, 5) is 28.0. The summed E-state index contributed by atoms with van der Waals surface area (Å²) in [7, 11) is -0.0146. The number of likely N-dealkylation sites (N-methyl/N-ethyl adjacent to an activating group) is 1. The summed E-state index contributed by atoms with van der Waals surface area (Å²) in [6.45, 7) is 3.86. The molecule has 2 amide bonds. The quantitative estimate of drug-likeness (QED) is 0.429. The molecule has 0 spiro atoms. The zero-order valence-corrected chi connectivity index (χ0v) is 24.4. The SMILES string of the molecule is C[C@H]1CN([C@@H](C)CO)C(=O)Cc2cc(NC(=O)Cc3cn(C)c4ccccc34)ccc2O[C@@H]1CN(C)S(C)(=O)=O. The molecule has 0 aliphatic carbocycles. The van der Waals surface area contributed by atoms with Gasteiger partial charge in [0.05, 0.1) is 38.3 Å². The second kappa shape index (κ2) is 12.0. The lowest BCUT2D eigenvalue weighted by Gasteiger charge is -2.33. The number of anilines is 1. The molecule has 10 nitrogen and oxygen atoms in total. The van der Waals surface area contributed by atoms with Crippen molar-refractivity contribution in [1.82, 2.24) is 13.8 Å². The predicted octanol–water partition coefficient (Wildman–Crippen LogP) is 2.40. The van der Waals surface area contributed by atoms with E-state index in [-0.39, 0.29) is 43.7 Å².